The lowest BCUT2D eigenvalue weighted by molar-refractivity contribution is -0.232. The van der Waals surface area contributed by atoms with E-state index >= 15 is 0 Å². The smallest absolute Gasteiger partial charge is 0.341 e. The van der Waals surface area contributed by atoms with Gasteiger partial charge < -0.3 is 14.9 Å². The molecule has 27 heavy (non-hydrogen) atoms. The average molecular weight is 383 g/mol. The van der Waals surface area contributed by atoms with E-state index in [1.807, 2.05) is 6.92 Å². The lowest BCUT2D eigenvalue weighted by Gasteiger charge is -2.51. The van der Waals surface area contributed by atoms with Crippen molar-refractivity contribution in [3.05, 3.63) is 0 Å². The van der Waals surface area contributed by atoms with Gasteiger partial charge in [-0.25, -0.2) is 4.79 Å². The molecular formula is C23H42O4. The van der Waals surface area contributed by atoms with Crippen LogP contribution in [0.5, 0.6) is 0 Å². The molecule has 0 aromatic heterocycles. The van der Waals surface area contributed by atoms with Crippen molar-refractivity contribution < 1.29 is 19.7 Å². The fourth-order valence-corrected chi connectivity index (χ4v) is 5.45. The van der Waals surface area contributed by atoms with E-state index < -0.39 is 22.8 Å². The lowest BCUT2D eigenvalue weighted by Crippen LogP contribution is -2.65. The lowest BCUT2D eigenvalue weighted by atomic mass is 9.60. The second-order valence-corrected chi connectivity index (χ2v) is 10.7. The highest BCUT2D eigenvalue weighted by Gasteiger charge is 2.59. The molecule has 158 valence electrons. The molecule has 0 spiro atoms. The van der Waals surface area contributed by atoms with E-state index in [9.17, 15) is 15.0 Å². The molecule has 2 fully saturated rings. The molecule has 0 aliphatic heterocycles. The number of esters is 1. The Bertz CT molecular complexity index is 516. The zero-order valence-electron chi connectivity index (χ0n) is 18.5. The van der Waals surface area contributed by atoms with Crippen molar-refractivity contribution in [2.75, 3.05) is 0 Å². The van der Waals surface area contributed by atoms with Crippen molar-refractivity contribution in [1.29, 1.82) is 0 Å². The number of carbonyl (C=O) groups excluding carboxylic acids is 1. The minimum atomic E-state index is -1.89. The van der Waals surface area contributed by atoms with E-state index in [1.54, 1.807) is 0 Å². The molecule has 2 aliphatic rings. The topological polar surface area (TPSA) is 66.8 Å². The minimum Gasteiger partial charge on any atom is -0.457 e. The molecule has 0 radical (unpaired) electrons. The van der Waals surface area contributed by atoms with Gasteiger partial charge in [0.25, 0.3) is 0 Å². The Kier molecular flexibility index (Phi) is 6.74. The number of ether oxygens (including phenoxy) is 1. The van der Waals surface area contributed by atoms with Gasteiger partial charge in [0.2, 0.25) is 0 Å². The number of rotatable bonds is 5. The van der Waals surface area contributed by atoms with Gasteiger partial charge in [0, 0.05) is 0 Å². The first-order valence-corrected chi connectivity index (χ1v) is 11.0. The van der Waals surface area contributed by atoms with Crippen molar-refractivity contribution in [3.8, 4) is 0 Å². The van der Waals surface area contributed by atoms with E-state index in [2.05, 4.69) is 34.6 Å². The summed E-state index contributed by atoms with van der Waals surface area (Å²) < 4.78 is 5.90. The van der Waals surface area contributed by atoms with Gasteiger partial charge in [-0.3, -0.25) is 0 Å². The standard InChI is InChI=1S/C23H42O4/c1-15(2)18-10-12-21(6,13-11-18)27-20(24)22(7,25)23(26)14-17(5)8-9-19(23)16(3)4/h15-19,25-26H,8-14H2,1-7H3/t17-,18?,19+,21?,22?,23-/m1/s1. The van der Waals surface area contributed by atoms with Crippen LogP contribution in [-0.4, -0.2) is 33.0 Å². The quantitative estimate of drug-likeness (QED) is 0.676. The van der Waals surface area contributed by atoms with Gasteiger partial charge in [-0.1, -0.05) is 41.0 Å². The van der Waals surface area contributed by atoms with Crippen LogP contribution in [0.25, 0.3) is 0 Å². The van der Waals surface area contributed by atoms with Gasteiger partial charge in [-0.05, 0) is 82.0 Å². The first-order chi connectivity index (χ1) is 12.3. The molecule has 2 aliphatic carbocycles. The van der Waals surface area contributed by atoms with E-state index in [-0.39, 0.29) is 17.8 Å². The van der Waals surface area contributed by atoms with Crippen LogP contribution in [0, 0.1) is 29.6 Å². The minimum absolute atomic E-state index is 0.110. The third-order valence-electron chi connectivity index (χ3n) is 7.66. The van der Waals surface area contributed by atoms with Gasteiger partial charge >= 0.3 is 5.97 Å². The van der Waals surface area contributed by atoms with Crippen LogP contribution in [0.15, 0.2) is 0 Å². The van der Waals surface area contributed by atoms with Gasteiger partial charge in [0.05, 0.1) is 0 Å². The molecule has 1 unspecified atom stereocenters. The summed E-state index contributed by atoms with van der Waals surface area (Å²) in [6, 6.07) is 0. The van der Waals surface area contributed by atoms with Gasteiger partial charge in [-0.2, -0.15) is 0 Å². The number of hydrogen-bond donors (Lipinski definition) is 2. The molecule has 0 aromatic carbocycles. The second-order valence-electron chi connectivity index (χ2n) is 10.7. The maximum Gasteiger partial charge on any atom is 0.341 e. The third kappa shape index (κ3) is 4.53. The molecule has 4 heteroatoms. The highest BCUT2D eigenvalue weighted by Crippen LogP contribution is 2.48. The van der Waals surface area contributed by atoms with Crippen molar-refractivity contribution in [1.82, 2.24) is 0 Å². The Morgan fingerprint density at radius 1 is 1.07 bits per heavy atom. The van der Waals surface area contributed by atoms with Crippen LogP contribution in [-0.2, 0) is 9.53 Å². The largest absolute Gasteiger partial charge is 0.457 e. The summed E-state index contributed by atoms with van der Waals surface area (Å²) in [6.45, 7) is 14.1. The number of carbonyl (C=O) groups is 1. The normalized spacial score (nSPS) is 40.0. The fourth-order valence-electron chi connectivity index (χ4n) is 5.45. The average Bonchev–Trinajstić information content (AvgIpc) is 2.54. The first kappa shape index (κ1) is 22.7. The SMILES string of the molecule is CC(C)C1CCC(C)(OC(=O)C(C)(O)[C@@]2(O)C[C@H](C)CC[C@H]2C(C)C)CC1. The second kappa shape index (κ2) is 8.02. The van der Waals surface area contributed by atoms with Crippen molar-refractivity contribution in [2.45, 2.75) is 110 Å². The monoisotopic (exact) mass is 382 g/mol. The Balaban J connectivity index is 2.15. The molecule has 0 amide bonds. The molecule has 2 rings (SSSR count). The summed E-state index contributed by atoms with van der Waals surface area (Å²) in [7, 11) is 0. The van der Waals surface area contributed by atoms with E-state index in [4.69, 9.17) is 4.74 Å². The summed E-state index contributed by atoms with van der Waals surface area (Å²) >= 11 is 0. The van der Waals surface area contributed by atoms with E-state index in [0.717, 1.165) is 38.5 Å². The highest BCUT2D eigenvalue weighted by atomic mass is 16.6. The Morgan fingerprint density at radius 2 is 1.63 bits per heavy atom. The predicted octanol–water partition coefficient (Wildman–Crippen LogP) is 4.71. The number of aliphatic hydroxyl groups is 2. The molecular weight excluding hydrogens is 340 g/mol. The summed E-state index contributed by atoms with van der Waals surface area (Å²) in [5, 5.41) is 22.8. The van der Waals surface area contributed by atoms with Crippen LogP contribution in [0.4, 0.5) is 0 Å². The summed E-state index contributed by atoms with van der Waals surface area (Å²) in [5.41, 5.74) is -3.88. The van der Waals surface area contributed by atoms with Crippen LogP contribution < -0.4 is 0 Å². The van der Waals surface area contributed by atoms with E-state index in [0.29, 0.717) is 18.3 Å². The molecule has 2 saturated carbocycles. The third-order valence-corrected chi connectivity index (χ3v) is 7.66. The molecule has 0 heterocycles. The van der Waals surface area contributed by atoms with Gasteiger partial charge in [0.1, 0.15) is 11.2 Å². The van der Waals surface area contributed by atoms with Crippen LogP contribution in [0.1, 0.15) is 93.4 Å². The zero-order valence-corrected chi connectivity index (χ0v) is 18.5. The van der Waals surface area contributed by atoms with Crippen LogP contribution in [0.3, 0.4) is 0 Å². The number of hydrogen-bond acceptors (Lipinski definition) is 4. The molecule has 0 bridgehead atoms. The molecule has 0 saturated heterocycles. The summed E-state index contributed by atoms with van der Waals surface area (Å²) in [6.07, 6.45) is 6.00. The highest BCUT2D eigenvalue weighted by molar-refractivity contribution is 5.81. The van der Waals surface area contributed by atoms with Gasteiger partial charge in [-0.15, -0.1) is 0 Å². The van der Waals surface area contributed by atoms with Crippen LogP contribution in [0.2, 0.25) is 0 Å². The summed E-state index contributed by atoms with van der Waals surface area (Å²) in [5.74, 6) is 1.02. The maximum atomic E-state index is 13.1. The summed E-state index contributed by atoms with van der Waals surface area (Å²) in [4.78, 5) is 13.1. The Morgan fingerprint density at radius 3 is 2.11 bits per heavy atom. The molecule has 0 aromatic rings. The molecule has 2 N–H and O–H groups in total. The molecule has 4 atom stereocenters. The van der Waals surface area contributed by atoms with Gasteiger partial charge in [0.15, 0.2) is 5.60 Å². The Hall–Kier alpha value is -0.610. The van der Waals surface area contributed by atoms with Crippen molar-refractivity contribution in [3.63, 3.8) is 0 Å². The Labute approximate surface area is 166 Å². The van der Waals surface area contributed by atoms with Crippen molar-refractivity contribution in [2.24, 2.45) is 29.6 Å². The molecule has 4 nitrogen and oxygen atoms in total. The maximum absolute atomic E-state index is 13.1. The van der Waals surface area contributed by atoms with Crippen molar-refractivity contribution >= 4 is 5.97 Å². The zero-order chi connectivity index (χ0) is 20.6. The predicted molar refractivity (Wildman–Crippen MR) is 108 cm³/mol. The van der Waals surface area contributed by atoms with Crippen LogP contribution >= 0.6 is 0 Å². The fraction of sp³-hybridized carbons (Fsp3) is 0.957. The van der Waals surface area contributed by atoms with E-state index in [1.165, 1.54) is 6.92 Å². The first-order valence-electron chi connectivity index (χ1n) is 11.0.